The number of aromatic nitrogens is 2. The van der Waals surface area contributed by atoms with Gasteiger partial charge in [0, 0.05) is 6.61 Å². The first kappa shape index (κ1) is 14.2. The first-order valence-electron chi connectivity index (χ1n) is 7.53. The summed E-state index contributed by atoms with van der Waals surface area (Å²) in [7, 11) is 1.89. The third-order valence-electron chi connectivity index (χ3n) is 3.83. The van der Waals surface area contributed by atoms with E-state index in [0.717, 1.165) is 25.0 Å². The molecule has 2 heterocycles. The molecule has 112 valence electrons. The summed E-state index contributed by atoms with van der Waals surface area (Å²) in [4.78, 5) is 0. The standard InChI is InChI=1S/C16H21N3O2/c1-17-15(12-7-3-2-4-8-12)16-19-18-14(21-16)11-13-9-5-6-10-20-13/h2-4,7-8,13,15,17H,5-6,9-11H2,1H3. The van der Waals surface area contributed by atoms with Crippen molar-refractivity contribution >= 4 is 0 Å². The Morgan fingerprint density at radius 1 is 1.24 bits per heavy atom. The van der Waals surface area contributed by atoms with Gasteiger partial charge in [-0.15, -0.1) is 10.2 Å². The Morgan fingerprint density at radius 2 is 2.10 bits per heavy atom. The molecule has 1 aromatic heterocycles. The molecule has 1 N–H and O–H groups in total. The normalized spacial score (nSPS) is 20.3. The molecule has 2 atom stereocenters. The number of rotatable bonds is 5. The fourth-order valence-corrected chi connectivity index (χ4v) is 2.71. The molecule has 2 aromatic rings. The van der Waals surface area contributed by atoms with Crippen molar-refractivity contribution in [3.63, 3.8) is 0 Å². The summed E-state index contributed by atoms with van der Waals surface area (Å²) in [6.07, 6.45) is 4.37. The predicted molar refractivity (Wildman–Crippen MR) is 78.9 cm³/mol. The molecule has 0 aliphatic carbocycles. The average molecular weight is 287 g/mol. The number of hydrogen-bond acceptors (Lipinski definition) is 5. The zero-order valence-electron chi connectivity index (χ0n) is 12.3. The van der Waals surface area contributed by atoms with Crippen LogP contribution in [0.1, 0.15) is 42.6 Å². The molecule has 1 aromatic carbocycles. The molecule has 2 unspecified atom stereocenters. The molecule has 5 heteroatoms. The van der Waals surface area contributed by atoms with Gasteiger partial charge in [-0.1, -0.05) is 30.3 Å². The molecule has 1 aliphatic rings. The Hall–Kier alpha value is -1.72. The minimum absolute atomic E-state index is 0.0697. The highest BCUT2D eigenvalue weighted by Gasteiger charge is 2.21. The molecular formula is C16H21N3O2. The lowest BCUT2D eigenvalue weighted by Crippen LogP contribution is -2.21. The van der Waals surface area contributed by atoms with E-state index in [0.29, 0.717) is 18.2 Å². The van der Waals surface area contributed by atoms with Crippen molar-refractivity contribution in [1.82, 2.24) is 15.5 Å². The van der Waals surface area contributed by atoms with Crippen LogP contribution in [-0.4, -0.2) is 30.0 Å². The predicted octanol–water partition coefficient (Wildman–Crippen LogP) is 2.49. The topological polar surface area (TPSA) is 60.2 Å². The molecular weight excluding hydrogens is 266 g/mol. The van der Waals surface area contributed by atoms with Crippen LogP contribution in [0.3, 0.4) is 0 Å². The van der Waals surface area contributed by atoms with E-state index in [9.17, 15) is 0 Å². The van der Waals surface area contributed by atoms with E-state index in [4.69, 9.17) is 9.15 Å². The summed E-state index contributed by atoms with van der Waals surface area (Å²) >= 11 is 0. The summed E-state index contributed by atoms with van der Waals surface area (Å²) in [5.74, 6) is 1.27. The van der Waals surface area contributed by atoms with Crippen LogP contribution in [0.4, 0.5) is 0 Å². The first-order chi connectivity index (χ1) is 10.4. The highest BCUT2D eigenvalue weighted by Crippen LogP contribution is 2.22. The molecule has 0 radical (unpaired) electrons. The number of nitrogens with zero attached hydrogens (tertiary/aromatic N) is 2. The van der Waals surface area contributed by atoms with E-state index in [1.807, 2.05) is 25.2 Å². The fraction of sp³-hybridized carbons (Fsp3) is 0.500. The van der Waals surface area contributed by atoms with Crippen LogP contribution in [0.25, 0.3) is 0 Å². The van der Waals surface area contributed by atoms with Gasteiger partial charge in [-0.25, -0.2) is 0 Å². The van der Waals surface area contributed by atoms with Gasteiger partial charge in [0.1, 0.15) is 6.04 Å². The van der Waals surface area contributed by atoms with E-state index >= 15 is 0 Å². The molecule has 1 saturated heterocycles. The monoisotopic (exact) mass is 287 g/mol. The zero-order chi connectivity index (χ0) is 14.5. The number of ether oxygens (including phenoxy) is 1. The molecule has 5 nitrogen and oxygen atoms in total. The highest BCUT2D eigenvalue weighted by atomic mass is 16.5. The molecule has 0 bridgehead atoms. The second kappa shape index (κ2) is 6.83. The lowest BCUT2D eigenvalue weighted by Gasteiger charge is -2.20. The maximum absolute atomic E-state index is 5.83. The van der Waals surface area contributed by atoms with Crippen LogP contribution in [0, 0.1) is 0 Å². The van der Waals surface area contributed by atoms with Crippen LogP contribution in [0.5, 0.6) is 0 Å². The smallest absolute Gasteiger partial charge is 0.237 e. The Labute approximate surface area is 124 Å². The van der Waals surface area contributed by atoms with Gasteiger partial charge in [0.25, 0.3) is 0 Å². The van der Waals surface area contributed by atoms with E-state index in [1.165, 1.54) is 6.42 Å². The van der Waals surface area contributed by atoms with E-state index in [1.54, 1.807) is 0 Å². The quantitative estimate of drug-likeness (QED) is 0.915. The first-order valence-corrected chi connectivity index (χ1v) is 7.53. The fourth-order valence-electron chi connectivity index (χ4n) is 2.71. The van der Waals surface area contributed by atoms with Gasteiger partial charge in [-0.2, -0.15) is 0 Å². The maximum Gasteiger partial charge on any atom is 0.237 e. The largest absolute Gasteiger partial charge is 0.423 e. The van der Waals surface area contributed by atoms with Gasteiger partial charge >= 0.3 is 0 Å². The number of nitrogens with one attached hydrogen (secondary N) is 1. The number of hydrogen-bond donors (Lipinski definition) is 1. The van der Waals surface area contributed by atoms with E-state index in [2.05, 4.69) is 27.6 Å². The van der Waals surface area contributed by atoms with E-state index < -0.39 is 0 Å². The molecule has 0 spiro atoms. The Kier molecular flexibility index (Phi) is 4.62. The van der Waals surface area contributed by atoms with Crippen LogP contribution in [0.2, 0.25) is 0 Å². The molecule has 0 saturated carbocycles. The van der Waals surface area contributed by atoms with Crippen molar-refractivity contribution in [2.24, 2.45) is 0 Å². The second-order valence-electron chi connectivity index (χ2n) is 5.36. The lowest BCUT2D eigenvalue weighted by molar-refractivity contribution is 0.0130. The van der Waals surface area contributed by atoms with Crippen molar-refractivity contribution in [3.05, 3.63) is 47.7 Å². The molecule has 1 aliphatic heterocycles. The molecule has 3 rings (SSSR count). The Balaban J connectivity index is 1.71. The van der Waals surface area contributed by atoms with Crippen molar-refractivity contribution in [2.75, 3.05) is 13.7 Å². The van der Waals surface area contributed by atoms with Crippen molar-refractivity contribution < 1.29 is 9.15 Å². The lowest BCUT2D eigenvalue weighted by atomic mass is 10.1. The molecule has 0 amide bonds. The van der Waals surface area contributed by atoms with Crippen LogP contribution in [-0.2, 0) is 11.2 Å². The molecule has 21 heavy (non-hydrogen) atoms. The Morgan fingerprint density at radius 3 is 2.81 bits per heavy atom. The van der Waals surface area contributed by atoms with Gasteiger partial charge in [0.2, 0.25) is 11.8 Å². The van der Waals surface area contributed by atoms with Crippen LogP contribution < -0.4 is 5.32 Å². The second-order valence-corrected chi connectivity index (χ2v) is 5.36. The van der Waals surface area contributed by atoms with Crippen molar-refractivity contribution in [2.45, 2.75) is 37.8 Å². The van der Waals surface area contributed by atoms with Crippen LogP contribution >= 0.6 is 0 Å². The van der Waals surface area contributed by atoms with Crippen molar-refractivity contribution in [1.29, 1.82) is 0 Å². The van der Waals surface area contributed by atoms with Crippen molar-refractivity contribution in [3.8, 4) is 0 Å². The minimum Gasteiger partial charge on any atom is -0.423 e. The Bertz CT molecular complexity index is 550. The average Bonchev–Trinajstić information content (AvgIpc) is 2.98. The van der Waals surface area contributed by atoms with Gasteiger partial charge < -0.3 is 14.5 Å². The van der Waals surface area contributed by atoms with Gasteiger partial charge in [0.15, 0.2) is 0 Å². The summed E-state index contributed by atoms with van der Waals surface area (Å²) in [6, 6.07) is 10.0. The van der Waals surface area contributed by atoms with Crippen LogP contribution in [0.15, 0.2) is 34.7 Å². The zero-order valence-corrected chi connectivity index (χ0v) is 12.3. The van der Waals surface area contributed by atoms with E-state index in [-0.39, 0.29) is 12.1 Å². The third-order valence-corrected chi connectivity index (χ3v) is 3.83. The summed E-state index contributed by atoms with van der Waals surface area (Å²) in [5, 5.41) is 11.6. The summed E-state index contributed by atoms with van der Waals surface area (Å²) in [5.41, 5.74) is 1.11. The highest BCUT2D eigenvalue weighted by molar-refractivity contribution is 5.23. The van der Waals surface area contributed by atoms with Gasteiger partial charge in [-0.3, -0.25) is 0 Å². The summed E-state index contributed by atoms with van der Waals surface area (Å²) < 4.78 is 11.5. The summed E-state index contributed by atoms with van der Waals surface area (Å²) in [6.45, 7) is 0.842. The maximum atomic E-state index is 5.83. The SMILES string of the molecule is CNC(c1ccccc1)c1nnc(CC2CCCCO2)o1. The third kappa shape index (κ3) is 3.49. The minimum atomic E-state index is -0.0697. The molecule has 1 fully saturated rings. The van der Waals surface area contributed by atoms with Gasteiger partial charge in [0.05, 0.1) is 12.5 Å². The van der Waals surface area contributed by atoms with Gasteiger partial charge in [-0.05, 0) is 31.9 Å². The number of benzene rings is 1.